The molecule has 0 spiro atoms. The highest BCUT2D eigenvalue weighted by atomic mass is 35.5. The summed E-state index contributed by atoms with van der Waals surface area (Å²) in [6, 6.07) is 9.35. The number of ketones is 1. The first kappa shape index (κ1) is 13.0. The quantitative estimate of drug-likeness (QED) is 0.531. The molecule has 1 N–H and O–H groups in total. The number of hydrogen-bond donors (Lipinski definition) is 1. The zero-order chi connectivity index (χ0) is 14.0. The van der Waals surface area contributed by atoms with Crippen molar-refractivity contribution < 1.29 is 14.8 Å². The van der Waals surface area contributed by atoms with Gasteiger partial charge in [0.25, 0.3) is 5.69 Å². The minimum Gasteiger partial charge on any atom is -0.507 e. The number of benzene rings is 2. The maximum atomic E-state index is 12.2. The summed E-state index contributed by atoms with van der Waals surface area (Å²) >= 11 is 5.76. The third-order valence-electron chi connectivity index (χ3n) is 2.52. The number of rotatable bonds is 3. The van der Waals surface area contributed by atoms with Crippen molar-refractivity contribution >= 4 is 23.1 Å². The monoisotopic (exact) mass is 277 g/mol. The molecule has 2 aromatic rings. The van der Waals surface area contributed by atoms with E-state index in [1.807, 2.05) is 0 Å². The van der Waals surface area contributed by atoms with Gasteiger partial charge in [-0.05, 0) is 18.2 Å². The second kappa shape index (κ2) is 5.07. The number of phenols is 1. The van der Waals surface area contributed by atoms with Crippen LogP contribution in [0.3, 0.4) is 0 Å². The number of nitro groups is 1. The molecule has 0 saturated heterocycles. The van der Waals surface area contributed by atoms with Gasteiger partial charge in [0.1, 0.15) is 5.75 Å². The van der Waals surface area contributed by atoms with Crippen molar-refractivity contribution in [2.75, 3.05) is 0 Å². The number of carbonyl (C=O) groups excluding carboxylic acids is 1. The molecule has 0 aliphatic rings. The van der Waals surface area contributed by atoms with E-state index in [9.17, 15) is 20.0 Å². The smallest absolute Gasteiger partial charge is 0.270 e. The third kappa shape index (κ3) is 2.71. The molecule has 6 heteroatoms. The SMILES string of the molecule is O=C(c1cccc([N+](=O)[O-])c1)c1cc(Cl)ccc1O. The topological polar surface area (TPSA) is 80.4 Å². The first-order chi connectivity index (χ1) is 8.99. The van der Waals surface area contributed by atoms with Crippen molar-refractivity contribution in [3.05, 3.63) is 68.7 Å². The summed E-state index contributed by atoms with van der Waals surface area (Å²) in [4.78, 5) is 22.2. The Labute approximate surface area is 113 Å². The lowest BCUT2D eigenvalue weighted by Gasteiger charge is -2.04. The Morgan fingerprint density at radius 1 is 1.21 bits per heavy atom. The van der Waals surface area contributed by atoms with Crippen LogP contribution in [0.2, 0.25) is 5.02 Å². The summed E-state index contributed by atoms with van der Waals surface area (Å²) in [6.07, 6.45) is 0. The maximum absolute atomic E-state index is 12.2. The molecule has 19 heavy (non-hydrogen) atoms. The van der Waals surface area contributed by atoms with Crippen molar-refractivity contribution in [2.45, 2.75) is 0 Å². The number of phenolic OH excluding ortho intramolecular Hbond substituents is 1. The zero-order valence-corrected chi connectivity index (χ0v) is 10.3. The van der Waals surface area contributed by atoms with Crippen molar-refractivity contribution in [1.82, 2.24) is 0 Å². The molecule has 96 valence electrons. The van der Waals surface area contributed by atoms with Gasteiger partial charge in [-0.15, -0.1) is 0 Å². The van der Waals surface area contributed by atoms with Crippen LogP contribution in [0.1, 0.15) is 15.9 Å². The average Bonchev–Trinajstić information content (AvgIpc) is 2.41. The lowest BCUT2D eigenvalue weighted by molar-refractivity contribution is -0.384. The normalized spacial score (nSPS) is 10.2. The minimum atomic E-state index is -0.589. The number of aromatic hydroxyl groups is 1. The van der Waals surface area contributed by atoms with Gasteiger partial charge in [-0.2, -0.15) is 0 Å². The van der Waals surface area contributed by atoms with Crippen molar-refractivity contribution in [3.8, 4) is 5.75 Å². The summed E-state index contributed by atoms with van der Waals surface area (Å²) in [5, 5.41) is 20.6. The molecule has 2 rings (SSSR count). The Bertz CT molecular complexity index is 669. The van der Waals surface area contributed by atoms with Gasteiger partial charge >= 0.3 is 0 Å². The van der Waals surface area contributed by atoms with Gasteiger partial charge in [0.05, 0.1) is 10.5 Å². The largest absolute Gasteiger partial charge is 0.507 e. The van der Waals surface area contributed by atoms with E-state index in [2.05, 4.69) is 0 Å². The molecule has 2 aromatic carbocycles. The number of nitro benzene ring substituents is 1. The summed E-state index contributed by atoms with van der Waals surface area (Å²) in [6.45, 7) is 0. The summed E-state index contributed by atoms with van der Waals surface area (Å²) in [5.41, 5.74) is -0.0628. The van der Waals surface area contributed by atoms with E-state index in [1.165, 1.54) is 36.4 Å². The molecule has 0 aromatic heterocycles. The van der Waals surface area contributed by atoms with Gasteiger partial charge in [0.15, 0.2) is 5.78 Å². The number of halogens is 1. The molecule has 0 atom stereocenters. The van der Waals surface area contributed by atoms with Gasteiger partial charge < -0.3 is 5.11 Å². The highest BCUT2D eigenvalue weighted by Crippen LogP contribution is 2.25. The molecule has 0 amide bonds. The van der Waals surface area contributed by atoms with Crippen molar-refractivity contribution in [2.24, 2.45) is 0 Å². The predicted octanol–water partition coefficient (Wildman–Crippen LogP) is 3.18. The van der Waals surface area contributed by atoms with Crippen LogP contribution >= 0.6 is 11.6 Å². The molecule has 0 fully saturated rings. The molecule has 5 nitrogen and oxygen atoms in total. The summed E-state index contributed by atoms with van der Waals surface area (Å²) in [5.74, 6) is -0.746. The van der Waals surface area contributed by atoms with Crippen molar-refractivity contribution in [3.63, 3.8) is 0 Å². The minimum absolute atomic E-state index is 0.00741. The highest BCUT2D eigenvalue weighted by Gasteiger charge is 2.16. The highest BCUT2D eigenvalue weighted by molar-refractivity contribution is 6.31. The van der Waals surface area contributed by atoms with Crippen LogP contribution in [0.4, 0.5) is 5.69 Å². The summed E-state index contributed by atoms with van der Waals surface area (Å²) < 4.78 is 0. The van der Waals surface area contributed by atoms with E-state index in [0.29, 0.717) is 5.02 Å². The fourth-order valence-electron chi connectivity index (χ4n) is 1.61. The van der Waals surface area contributed by atoms with Crippen LogP contribution in [0.15, 0.2) is 42.5 Å². The van der Waals surface area contributed by atoms with Crippen LogP contribution < -0.4 is 0 Å². The van der Waals surface area contributed by atoms with E-state index in [1.54, 1.807) is 0 Å². The van der Waals surface area contributed by atoms with Crippen molar-refractivity contribution in [1.29, 1.82) is 0 Å². The van der Waals surface area contributed by atoms with Gasteiger partial charge in [0, 0.05) is 22.7 Å². The van der Waals surface area contributed by atoms with Gasteiger partial charge in [-0.3, -0.25) is 14.9 Å². The molecule has 0 unspecified atom stereocenters. The fraction of sp³-hybridized carbons (Fsp3) is 0. The van der Waals surface area contributed by atoms with Gasteiger partial charge in [0.2, 0.25) is 0 Å². The molecule has 0 saturated carbocycles. The number of non-ortho nitro benzene ring substituents is 1. The number of nitrogens with zero attached hydrogens (tertiary/aromatic N) is 1. The second-order valence-electron chi connectivity index (χ2n) is 3.80. The van der Waals surface area contributed by atoms with E-state index >= 15 is 0 Å². The number of hydrogen-bond acceptors (Lipinski definition) is 4. The predicted molar refractivity (Wildman–Crippen MR) is 69.6 cm³/mol. The molecule has 0 heterocycles. The Hall–Kier alpha value is -2.40. The lowest BCUT2D eigenvalue weighted by atomic mass is 10.0. The molecule has 0 aliphatic carbocycles. The standard InChI is InChI=1S/C13H8ClNO4/c14-9-4-5-12(16)11(7-9)13(17)8-2-1-3-10(6-8)15(18)19/h1-7,16H. The molecule has 0 bridgehead atoms. The van der Waals surface area contributed by atoms with Crippen LogP contribution in [0.5, 0.6) is 5.75 Å². The Morgan fingerprint density at radius 2 is 1.95 bits per heavy atom. The Morgan fingerprint density at radius 3 is 2.63 bits per heavy atom. The molecular formula is C13H8ClNO4. The van der Waals surface area contributed by atoms with Crippen LogP contribution in [-0.4, -0.2) is 15.8 Å². The molecule has 0 aliphatic heterocycles. The summed E-state index contributed by atoms with van der Waals surface area (Å²) in [7, 11) is 0. The second-order valence-corrected chi connectivity index (χ2v) is 4.23. The van der Waals surface area contributed by atoms with Crippen LogP contribution in [0.25, 0.3) is 0 Å². The number of carbonyl (C=O) groups is 1. The van der Waals surface area contributed by atoms with Gasteiger partial charge in [-0.25, -0.2) is 0 Å². The molecular weight excluding hydrogens is 270 g/mol. The Balaban J connectivity index is 2.47. The van der Waals surface area contributed by atoms with E-state index in [0.717, 1.165) is 6.07 Å². The van der Waals surface area contributed by atoms with E-state index in [-0.39, 0.29) is 22.6 Å². The first-order valence-corrected chi connectivity index (χ1v) is 5.64. The third-order valence-corrected chi connectivity index (χ3v) is 2.76. The maximum Gasteiger partial charge on any atom is 0.270 e. The fourth-order valence-corrected chi connectivity index (χ4v) is 1.78. The average molecular weight is 278 g/mol. The Kier molecular flexibility index (Phi) is 3.48. The van der Waals surface area contributed by atoms with Crippen LogP contribution in [-0.2, 0) is 0 Å². The lowest BCUT2D eigenvalue weighted by Crippen LogP contribution is -2.02. The zero-order valence-electron chi connectivity index (χ0n) is 9.54. The van der Waals surface area contributed by atoms with E-state index < -0.39 is 10.7 Å². The molecule has 0 radical (unpaired) electrons. The van der Waals surface area contributed by atoms with Crippen LogP contribution in [0, 0.1) is 10.1 Å². The first-order valence-electron chi connectivity index (χ1n) is 5.26. The van der Waals surface area contributed by atoms with E-state index in [4.69, 9.17) is 11.6 Å². The van der Waals surface area contributed by atoms with Gasteiger partial charge in [-0.1, -0.05) is 23.7 Å².